The van der Waals surface area contributed by atoms with Gasteiger partial charge in [-0.15, -0.1) is 0 Å². The lowest BCUT2D eigenvalue weighted by Gasteiger charge is -2.40. The van der Waals surface area contributed by atoms with Crippen LogP contribution in [0.15, 0.2) is 59.5 Å². The van der Waals surface area contributed by atoms with Crippen molar-refractivity contribution in [3.63, 3.8) is 0 Å². The minimum absolute atomic E-state index is 0.0423. The fourth-order valence-corrected chi connectivity index (χ4v) is 6.23. The highest BCUT2D eigenvalue weighted by Crippen LogP contribution is 2.59. The zero-order valence-corrected chi connectivity index (χ0v) is 19.1. The maximum Gasteiger partial charge on any atom is 0.416 e. The summed E-state index contributed by atoms with van der Waals surface area (Å²) in [6.07, 6.45) is 3.64. The van der Waals surface area contributed by atoms with Gasteiger partial charge in [0.15, 0.2) is 0 Å². The minimum atomic E-state index is -4.34. The molecule has 3 unspecified atom stereocenters. The Labute approximate surface area is 192 Å². The van der Waals surface area contributed by atoms with Crippen molar-refractivity contribution in [1.29, 1.82) is 0 Å². The Hall–Kier alpha value is -2.25. The summed E-state index contributed by atoms with van der Waals surface area (Å²) in [6.45, 7) is 4.20. The normalized spacial score (nSPS) is 37.6. The van der Waals surface area contributed by atoms with Gasteiger partial charge in [0.05, 0.1) is 24.9 Å². The molecule has 2 aliphatic carbocycles. The average Bonchev–Trinajstić information content (AvgIpc) is 3.01. The van der Waals surface area contributed by atoms with Crippen molar-refractivity contribution < 1.29 is 27.8 Å². The molecule has 33 heavy (non-hydrogen) atoms. The number of ether oxygens (including phenoxy) is 2. The van der Waals surface area contributed by atoms with E-state index in [2.05, 4.69) is 25.2 Å². The van der Waals surface area contributed by atoms with E-state index in [1.807, 2.05) is 12.2 Å². The maximum absolute atomic E-state index is 13.0. The number of rotatable bonds is 3. The van der Waals surface area contributed by atoms with Crippen molar-refractivity contribution in [2.45, 2.75) is 69.6 Å². The van der Waals surface area contributed by atoms with Gasteiger partial charge in [0, 0.05) is 29.0 Å². The van der Waals surface area contributed by atoms with Crippen molar-refractivity contribution in [2.24, 2.45) is 11.3 Å². The molecule has 1 aromatic rings. The molecule has 0 aromatic heterocycles. The lowest BCUT2D eigenvalue weighted by atomic mass is 9.63. The topological polar surface area (TPSA) is 50.7 Å². The van der Waals surface area contributed by atoms with Crippen LogP contribution >= 0.6 is 0 Å². The zero-order valence-electron chi connectivity index (χ0n) is 19.1. The van der Waals surface area contributed by atoms with E-state index in [1.165, 1.54) is 0 Å². The predicted molar refractivity (Wildman–Crippen MR) is 118 cm³/mol. The maximum atomic E-state index is 13.0. The summed E-state index contributed by atoms with van der Waals surface area (Å²) in [6, 6.07) is 5.48. The molecule has 4 aliphatic rings. The van der Waals surface area contributed by atoms with Gasteiger partial charge >= 0.3 is 6.18 Å². The molecule has 1 aromatic carbocycles. The number of allylic oxidation sites excluding steroid dienone is 2. The second-order valence-corrected chi connectivity index (χ2v) is 10.2. The summed E-state index contributed by atoms with van der Waals surface area (Å²) in [5.41, 5.74) is 1.82. The largest absolute Gasteiger partial charge is 0.498 e. The Morgan fingerprint density at radius 3 is 2.61 bits per heavy atom. The molecule has 4 nitrogen and oxygen atoms in total. The fourth-order valence-electron chi connectivity index (χ4n) is 6.23. The first-order chi connectivity index (χ1) is 15.5. The van der Waals surface area contributed by atoms with Gasteiger partial charge in [-0.25, -0.2) is 0 Å². The van der Waals surface area contributed by atoms with Gasteiger partial charge < -0.3 is 19.9 Å². The van der Waals surface area contributed by atoms with Gasteiger partial charge in [0.2, 0.25) is 0 Å². The number of benzene rings is 1. The van der Waals surface area contributed by atoms with Crippen LogP contribution in [0.1, 0.15) is 44.2 Å². The minimum Gasteiger partial charge on any atom is -0.498 e. The third-order valence-corrected chi connectivity index (χ3v) is 7.91. The van der Waals surface area contributed by atoms with E-state index < -0.39 is 17.8 Å². The number of alkyl halides is 3. The Morgan fingerprint density at radius 2 is 1.94 bits per heavy atom. The van der Waals surface area contributed by atoms with Gasteiger partial charge in [-0.3, -0.25) is 0 Å². The van der Waals surface area contributed by atoms with Crippen molar-refractivity contribution in [3.8, 4) is 0 Å². The molecule has 2 heterocycles. The van der Waals surface area contributed by atoms with Gasteiger partial charge in [-0.2, -0.15) is 13.2 Å². The van der Waals surface area contributed by atoms with E-state index in [-0.39, 0.29) is 29.1 Å². The second kappa shape index (κ2) is 7.64. The summed E-state index contributed by atoms with van der Waals surface area (Å²) < 4.78 is 51.2. The lowest BCUT2D eigenvalue weighted by molar-refractivity contribution is -0.137. The molecule has 0 bridgehead atoms. The molecule has 0 saturated carbocycles. The van der Waals surface area contributed by atoms with Crippen LogP contribution in [-0.2, 0) is 22.1 Å². The number of halogens is 3. The monoisotopic (exact) mass is 461 g/mol. The van der Waals surface area contributed by atoms with Crippen LogP contribution in [0.2, 0.25) is 0 Å². The van der Waals surface area contributed by atoms with E-state index in [0.29, 0.717) is 12.8 Å². The molecule has 1 spiro atoms. The summed E-state index contributed by atoms with van der Waals surface area (Å²) in [5, 5.41) is 14.1. The molecule has 0 radical (unpaired) electrons. The molecule has 2 N–H and O–H groups in total. The molecular formula is C26H30F3NO3. The third kappa shape index (κ3) is 3.69. The van der Waals surface area contributed by atoms with Crippen molar-refractivity contribution >= 4 is 0 Å². The lowest BCUT2D eigenvalue weighted by Crippen LogP contribution is -2.46. The highest BCUT2D eigenvalue weighted by Gasteiger charge is 2.61. The molecule has 5 rings (SSSR count). The Bertz CT molecular complexity index is 1030. The van der Waals surface area contributed by atoms with Gasteiger partial charge in [-0.05, 0) is 62.5 Å². The Balaban J connectivity index is 1.52. The number of methoxy groups -OCH3 is 1. The van der Waals surface area contributed by atoms with Crippen LogP contribution in [0.4, 0.5) is 13.2 Å². The van der Waals surface area contributed by atoms with Crippen molar-refractivity contribution in [3.05, 3.63) is 70.6 Å². The van der Waals surface area contributed by atoms with E-state index >= 15 is 0 Å². The third-order valence-electron chi connectivity index (χ3n) is 7.91. The average molecular weight is 462 g/mol. The molecule has 2 fully saturated rings. The first-order valence-corrected chi connectivity index (χ1v) is 11.5. The van der Waals surface area contributed by atoms with Crippen LogP contribution in [0.3, 0.4) is 0 Å². The highest BCUT2D eigenvalue weighted by molar-refractivity contribution is 5.42. The molecule has 178 valence electrons. The van der Waals surface area contributed by atoms with E-state index in [0.717, 1.165) is 47.6 Å². The number of nitrogens with one attached hydrogen (secondary N) is 1. The van der Waals surface area contributed by atoms with Gasteiger partial charge in [0.1, 0.15) is 11.9 Å². The van der Waals surface area contributed by atoms with Gasteiger partial charge in [0.25, 0.3) is 0 Å². The SMILES string of the molecule is COC1=CC(C)=C2NC(C)(Cc3ccc(C(F)(F)F)cc3)CC[C@]34C=C[C@@H](O)C[C@@H]3OC1C24. The number of aliphatic hydroxyl groups is 1. The fraction of sp³-hybridized carbons (Fsp3) is 0.538. The first kappa shape index (κ1) is 22.5. The smallest absolute Gasteiger partial charge is 0.416 e. The number of aliphatic hydroxyl groups excluding tert-OH is 1. The van der Waals surface area contributed by atoms with E-state index in [9.17, 15) is 18.3 Å². The van der Waals surface area contributed by atoms with E-state index in [4.69, 9.17) is 9.47 Å². The molecule has 2 aliphatic heterocycles. The number of hydrogen-bond donors (Lipinski definition) is 2. The summed E-state index contributed by atoms with van der Waals surface area (Å²) in [7, 11) is 1.66. The van der Waals surface area contributed by atoms with Crippen LogP contribution < -0.4 is 5.32 Å². The van der Waals surface area contributed by atoms with E-state index in [1.54, 1.807) is 19.2 Å². The molecule has 7 heteroatoms. The molecule has 0 amide bonds. The standard InChI is InChI=1S/C26H30F3NO3/c1-15-12-19(32-3)23-21-22(15)30-24(2,14-16-4-6-17(7-5-16)26(27,28)29)10-11-25(21)9-8-18(31)13-20(25)33-23/h4-9,12,18,20-21,23,30-31H,10-11,13-14H2,1-3H3/t18-,20+,21?,23?,24?,25-/m1/s1. The van der Waals surface area contributed by atoms with Crippen LogP contribution in [0, 0.1) is 11.3 Å². The summed E-state index contributed by atoms with van der Waals surface area (Å²) in [5.74, 6) is 0.840. The molecule has 6 atom stereocenters. The van der Waals surface area contributed by atoms with Gasteiger partial charge in [-0.1, -0.05) is 24.3 Å². The second-order valence-electron chi connectivity index (χ2n) is 10.2. The molecule has 2 saturated heterocycles. The van der Waals surface area contributed by atoms with Crippen LogP contribution in [-0.4, -0.2) is 36.1 Å². The van der Waals surface area contributed by atoms with Crippen molar-refractivity contribution in [1.82, 2.24) is 5.32 Å². The summed E-state index contributed by atoms with van der Waals surface area (Å²) >= 11 is 0. The summed E-state index contributed by atoms with van der Waals surface area (Å²) in [4.78, 5) is 0. The predicted octanol–water partition coefficient (Wildman–Crippen LogP) is 4.90. The van der Waals surface area contributed by atoms with Crippen LogP contribution in [0.5, 0.6) is 0 Å². The quantitative estimate of drug-likeness (QED) is 0.629. The molecular weight excluding hydrogens is 431 g/mol. The Morgan fingerprint density at radius 1 is 1.21 bits per heavy atom. The number of hydrogen-bond acceptors (Lipinski definition) is 4. The highest BCUT2D eigenvalue weighted by atomic mass is 19.4. The van der Waals surface area contributed by atoms with Crippen LogP contribution in [0.25, 0.3) is 0 Å². The first-order valence-electron chi connectivity index (χ1n) is 11.5. The zero-order chi connectivity index (χ0) is 23.6. The Kier molecular flexibility index (Phi) is 5.21. The van der Waals surface area contributed by atoms with Crippen molar-refractivity contribution in [2.75, 3.05) is 7.11 Å².